The number of ether oxygens (including phenoxy) is 2. The second-order valence-electron chi connectivity index (χ2n) is 5.70. The van der Waals surface area contributed by atoms with E-state index in [4.69, 9.17) is 9.47 Å². The quantitative estimate of drug-likeness (QED) is 0.673. The third-order valence-corrected chi connectivity index (χ3v) is 5.33. The maximum atomic E-state index is 12.0. The minimum atomic E-state index is -0.428. The molecule has 1 aliphatic rings. The summed E-state index contributed by atoms with van der Waals surface area (Å²) < 4.78 is 10.9. The molecule has 0 aliphatic heterocycles. The molecule has 0 amide bonds. The zero-order chi connectivity index (χ0) is 16.7. The van der Waals surface area contributed by atoms with Crippen LogP contribution in [-0.2, 0) is 17.6 Å². The van der Waals surface area contributed by atoms with E-state index in [1.165, 1.54) is 17.6 Å². The zero-order valence-electron chi connectivity index (χ0n) is 13.5. The topological polar surface area (TPSA) is 61.3 Å². The predicted octanol–water partition coefficient (Wildman–Crippen LogP) is 4.07. The number of fused-ring (bicyclic) bond motifs is 3. The van der Waals surface area contributed by atoms with Gasteiger partial charge >= 0.3 is 5.97 Å². The third kappa shape index (κ3) is 2.43. The minimum Gasteiger partial charge on any atom is -0.465 e. The molecular formula is C18H16N2O3S. The van der Waals surface area contributed by atoms with Gasteiger partial charge in [-0.3, -0.25) is 0 Å². The number of nitrogens with zero attached hydrogens (tertiary/aromatic N) is 2. The molecule has 4 rings (SSSR count). The number of hydrogen-bond donors (Lipinski definition) is 0. The van der Waals surface area contributed by atoms with Crippen LogP contribution in [0, 0.1) is 6.92 Å². The Bertz CT molecular complexity index is 949. The van der Waals surface area contributed by atoms with Gasteiger partial charge in [0, 0.05) is 4.88 Å². The SMILES string of the molecule is COC(=O)c1ccccc1Oc1nc(C)nc2sc3c(c12)CCC3. The Balaban J connectivity index is 1.85. The molecule has 0 radical (unpaired) electrons. The van der Waals surface area contributed by atoms with Gasteiger partial charge in [0.15, 0.2) is 0 Å². The Kier molecular flexibility index (Phi) is 3.69. The van der Waals surface area contributed by atoms with Crippen LogP contribution in [0.15, 0.2) is 24.3 Å². The van der Waals surface area contributed by atoms with Gasteiger partial charge in [0.1, 0.15) is 22.0 Å². The fourth-order valence-corrected chi connectivity index (χ4v) is 4.37. The molecule has 1 aromatic carbocycles. The Labute approximate surface area is 143 Å². The van der Waals surface area contributed by atoms with Gasteiger partial charge in [-0.05, 0) is 43.9 Å². The smallest absolute Gasteiger partial charge is 0.341 e. The molecule has 2 heterocycles. The van der Waals surface area contributed by atoms with Crippen molar-refractivity contribution in [2.45, 2.75) is 26.2 Å². The maximum Gasteiger partial charge on any atom is 0.341 e. The van der Waals surface area contributed by atoms with E-state index < -0.39 is 5.97 Å². The average molecular weight is 340 g/mol. The Hall–Kier alpha value is -2.47. The first-order chi connectivity index (χ1) is 11.7. The van der Waals surface area contributed by atoms with Crippen LogP contribution in [0.4, 0.5) is 0 Å². The zero-order valence-corrected chi connectivity index (χ0v) is 14.3. The normalized spacial score (nSPS) is 13.1. The standard InChI is InChI=1S/C18H16N2O3S/c1-10-19-16(15-12-7-5-9-14(12)24-17(15)20-10)23-13-8-4-3-6-11(13)18(21)22-2/h3-4,6,8H,5,7,9H2,1-2H3. The summed E-state index contributed by atoms with van der Waals surface area (Å²) in [5, 5.41) is 0.984. The second-order valence-corrected chi connectivity index (χ2v) is 6.79. The third-order valence-electron chi connectivity index (χ3n) is 4.14. The Morgan fingerprint density at radius 1 is 1.21 bits per heavy atom. The minimum absolute atomic E-state index is 0.385. The van der Waals surface area contributed by atoms with Gasteiger partial charge in [-0.1, -0.05) is 12.1 Å². The number of hydrogen-bond acceptors (Lipinski definition) is 6. The highest BCUT2D eigenvalue weighted by Gasteiger charge is 2.24. The molecule has 24 heavy (non-hydrogen) atoms. The summed E-state index contributed by atoms with van der Waals surface area (Å²) in [7, 11) is 1.36. The number of aryl methyl sites for hydroxylation is 3. The van der Waals surface area contributed by atoms with Crippen LogP contribution in [0.3, 0.4) is 0 Å². The van der Waals surface area contributed by atoms with Crippen LogP contribution in [0.25, 0.3) is 10.2 Å². The summed E-state index contributed by atoms with van der Waals surface area (Å²) in [5.41, 5.74) is 1.68. The first kappa shape index (κ1) is 15.1. The molecule has 0 fully saturated rings. The van der Waals surface area contributed by atoms with Gasteiger partial charge in [-0.15, -0.1) is 11.3 Å². The number of rotatable bonds is 3. The number of methoxy groups -OCH3 is 1. The monoisotopic (exact) mass is 340 g/mol. The molecule has 5 nitrogen and oxygen atoms in total. The summed E-state index contributed by atoms with van der Waals surface area (Å²) >= 11 is 1.72. The number of thiophene rings is 1. The molecule has 0 spiro atoms. The van der Waals surface area contributed by atoms with Crippen LogP contribution >= 0.6 is 11.3 Å². The Morgan fingerprint density at radius 3 is 2.88 bits per heavy atom. The lowest BCUT2D eigenvalue weighted by Crippen LogP contribution is -2.04. The summed E-state index contributed by atoms with van der Waals surface area (Å²) in [6, 6.07) is 7.04. The van der Waals surface area contributed by atoms with Crippen molar-refractivity contribution in [3.8, 4) is 11.6 Å². The molecule has 1 aliphatic carbocycles. The first-order valence-corrected chi connectivity index (χ1v) is 8.63. The molecular weight excluding hydrogens is 324 g/mol. The van der Waals surface area contributed by atoms with E-state index in [9.17, 15) is 4.79 Å². The van der Waals surface area contributed by atoms with Crippen molar-refractivity contribution >= 4 is 27.5 Å². The number of benzene rings is 1. The van der Waals surface area contributed by atoms with E-state index in [1.807, 2.05) is 13.0 Å². The van der Waals surface area contributed by atoms with Crippen molar-refractivity contribution in [3.63, 3.8) is 0 Å². The number of aromatic nitrogens is 2. The lowest BCUT2D eigenvalue weighted by Gasteiger charge is -2.11. The van der Waals surface area contributed by atoms with Crippen LogP contribution in [0.5, 0.6) is 11.6 Å². The highest BCUT2D eigenvalue weighted by atomic mass is 32.1. The van der Waals surface area contributed by atoms with Gasteiger partial charge in [0.25, 0.3) is 0 Å². The van der Waals surface area contributed by atoms with Crippen LogP contribution < -0.4 is 4.74 Å². The molecule has 0 saturated heterocycles. The average Bonchev–Trinajstić information content (AvgIpc) is 3.14. The molecule has 3 aromatic rings. The molecule has 6 heteroatoms. The first-order valence-electron chi connectivity index (χ1n) is 7.81. The van der Waals surface area contributed by atoms with Gasteiger partial charge < -0.3 is 9.47 Å². The van der Waals surface area contributed by atoms with Gasteiger partial charge in [0.05, 0.1) is 12.5 Å². The van der Waals surface area contributed by atoms with Crippen molar-refractivity contribution in [1.82, 2.24) is 9.97 Å². The number of carbonyl (C=O) groups is 1. The van der Waals surface area contributed by atoms with Crippen molar-refractivity contribution in [3.05, 3.63) is 46.1 Å². The second kappa shape index (κ2) is 5.87. The summed E-state index contributed by atoms with van der Waals surface area (Å²) in [5.74, 6) is 1.20. The summed E-state index contributed by atoms with van der Waals surface area (Å²) in [4.78, 5) is 23.3. The van der Waals surface area contributed by atoms with Crippen molar-refractivity contribution in [2.24, 2.45) is 0 Å². The van der Waals surface area contributed by atoms with E-state index in [0.29, 0.717) is 23.0 Å². The highest BCUT2D eigenvalue weighted by Crippen LogP contribution is 2.41. The van der Waals surface area contributed by atoms with Crippen LogP contribution in [0.2, 0.25) is 0 Å². The van der Waals surface area contributed by atoms with E-state index in [0.717, 1.165) is 29.5 Å². The number of esters is 1. The van der Waals surface area contributed by atoms with Crippen LogP contribution in [-0.4, -0.2) is 23.0 Å². The molecule has 0 N–H and O–H groups in total. The largest absolute Gasteiger partial charge is 0.465 e. The Morgan fingerprint density at radius 2 is 2.04 bits per heavy atom. The molecule has 0 unspecified atom stereocenters. The van der Waals surface area contributed by atoms with Crippen molar-refractivity contribution in [1.29, 1.82) is 0 Å². The lowest BCUT2D eigenvalue weighted by atomic mass is 10.2. The molecule has 0 atom stereocenters. The summed E-state index contributed by atoms with van der Waals surface area (Å²) in [6.07, 6.45) is 3.27. The number of para-hydroxylation sites is 1. The lowest BCUT2D eigenvalue weighted by molar-refractivity contribution is 0.0598. The predicted molar refractivity (Wildman–Crippen MR) is 92.0 cm³/mol. The maximum absolute atomic E-state index is 12.0. The molecule has 0 bridgehead atoms. The van der Waals surface area contributed by atoms with E-state index in [-0.39, 0.29) is 0 Å². The summed E-state index contributed by atoms with van der Waals surface area (Å²) in [6.45, 7) is 1.85. The van der Waals surface area contributed by atoms with Gasteiger partial charge in [0.2, 0.25) is 5.88 Å². The fraction of sp³-hybridized carbons (Fsp3) is 0.278. The molecule has 122 valence electrons. The van der Waals surface area contributed by atoms with Crippen molar-refractivity contribution in [2.75, 3.05) is 7.11 Å². The van der Waals surface area contributed by atoms with Crippen LogP contribution in [0.1, 0.15) is 33.0 Å². The van der Waals surface area contributed by atoms with Gasteiger partial charge in [-0.25, -0.2) is 9.78 Å². The van der Waals surface area contributed by atoms with E-state index in [2.05, 4.69) is 9.97 Å². The van der Waals surface area contributed by atoms with E-state index in [1.54, 1.807) is 29.5 Å². The molecule has 0 saturated carbocycles. The molecule has 2 aromatic heterocycles. The fourth-order valence-electron chi connectivity index (χ4n) is 3.08. The van der Waals surface area contributed by atoms with E-state index >= 15 is 0 Å². The number of carbonyl (C=O) groups excluding carboxylic acids is 1. The van der Waals surface area contributed by atoms with Crippen molar-refractivity contribution < 1.29 is 14.3 Å². The van der Waals surface area contributed by atoms with Gasteiger partial charge in [-0.2, -0.15) is 4.98 Å². The highest BCUT2D eigenvalue weighted by molar-refractivity contribution is 7.19.